The van der Waals surface area contributed by atoms with Crippen molar-refractivity contribution < 1.29 is 85.0 Å². The first-order chi connectivity index (χ1) is 34.7. The second-order valence-corrected chi connectivity index (χ2v) is 17.7. The summed E-state index contributed by atoms with van der Waals surface area (Å²) in [5.41, 5.74) is -2.05. The molecular formula is C52H56N2O18S. The largest absolute Gasteiger partial charge is 0.508 e. The zero-order valence-electron chi connectivity index (χ0n) is 40.1. The monoisotopic (exact) mass is 1030 g/mol. The number of anilines is 2. The van der Waals surface area contributed by atoms with Crippen LogP contribution in [0.4, 0.5) is 21.0 Å². The van der Waals surface area contributed by atoms with Crippen LogP contribution in [0.15, 0.2) is 153 Å². The highest BCUT2D eigenvalue weighted by Gasteiger charge is 2.41. The van der Waals surface area contributed by atoms with E-state index in [1.807, 2.05) is 0 Å². The van der Waals surface area contributed by atoms with E-state index in [9.17, 15) is 47.1 Å². The summed E-state index contributed by atoms with van der Waals surface area (Å²) in [5.74, 6) is -4.60. The zero-order chi connectivity index (χ0) is 54.2. The molecule has 73 heavy (non-hydrogen) atoms. The highest BCUT2D eigenvalue weighted by atomic mass is 32.2. The predicted octanol–water partition coefficient (Wildman–Crippen LogP) is 6.79. The van der Waals surface area contributed by atoms with Gasteiger partial charge in [-0.15, -0.1) is 13.2 Å². The number of carbonyl (C=O) groups excluding carboxylic acids is 7. The average Bonchev–Trinajstić information content (AvgIpc) is 3.38. The van der Waals surface area contributed by atoms with Crippen molar-refractivity contribution in [3.05, 3.63) is 160 Å². The number of ether oxygens (including phenoxy) is 8. The molecule has 0 aliphatic rings. The number of rotatable bonds is 30. The summed E-state index contributed by atoms with van der Waals surface area (Å²) in [7, 11) is -4.09. The van der Waals surface area contributed by atoms with Gasteiger partial charge in [0.05, 0.1) is 33.8 Å². The molecule has 0 aromatic heterocycles. The minimum atomic E-state index is -4.09. The number of phenols is 1. The fourth-order valence-corrected chi connectivity index (χ4v) is 7.59. The highest BCUT2D eigenvalue weighted by molar-refractivity contribution is 7.91. The van der Waals surface area contributed by atoms with E-state index in [4.69, 9.17) is 37.9 Å². The summed E-state index contributed by atoms with van der Waals surface area (Å²) >= 11 is 0. The molecule has 2 amide bonds. The second-order valence-electron chi connectivity index (χ2n) is 15.8. The number of hydrogen-bond acceptors (Lipinski definition) is 18. The normalized spacial score (nSPS) is 11.0. The summed E-state index contributed by atoms with van der Waals surface area (Å²) in [6, 6.07) is 12.3. The minimum Gasteiger partial charge on any atom is -0.508 e. The highest BCUT2D eigenvalue weighted by Crippen LogP contribution is 2.32. The molecule has 0 saturated carbocycles. The smallest absolute Gasteiger partial charge is 0.417 e. The molecule has 3 aromatic carbocycles. The van der Waals surface area contributed by atoms with E-state index in [0.29, 0.717) is 16.7 Å². The van der Waals surface area contributed by atoms with Crippen LogP contribution in [-0.2, 0) is 79.8 Å². The van der Waals surface area contributed by atoms with E-state index in [0.717, 1.165) is 30.4 Å². The fourth-order valence-electron chi connectivity index (χ4n) is 6.23. The van der Waals surface area contributed by atoms with E-state index in [2.05, 4.69) is 56.7 Å². The molecule has 0 radical (unpaired) electrons. The first-order valence-corrected chi connectivity index (χ1v) is 23.2. The standard InChI is InChI=1S/C52H56N2O18S/c1-9-17-36-25-38(21-23-42(36)55)73(63,64)39-22-24-43(37(26-39)18-10-2)72-50(62)54-41-20-16-19-40(35(41)8)53-49(61)71-34-52(32-69-47(59)14-6,33-70-48(60)15-7)28-65-27-51(29-66-44(56)11-3,30-67-45(57)12-4)31-68-46(58)13-5/h9-16,19-26,55H,1-7,17-18,27-34H2,8H3,(H,53,61)(H,54,62). The zero-order valence-corrected chi connectivity index (χ0v) is 40.9. The third-order valence-corrected chi connectivity index (χ3v) is 12.0. The Morgan fingerprint density at radius 3 is 1.34 bits per heavy atom. The van der Waals surface area contributed by atoms with Crippen LogP contribution in [-0.4, -0.2) is 108 Å². The van der Waals surface area contributed by atoms with Crippen LogP contribution < -0.4 is 15.4 Å². The van der Waals surface area contributed by atoms with Crippen molar-refractivity contribution in [2.45, 2.75) is 29.6 Å². The van der Waals surface area contributed by atoms with Gasteiger partial charge in [0.1, 0.15) is 51.1 Å². The Bertz CT molecular complexity index is 2640. The maximum Gasteiger partial charge on any atom is 0.417 e. The van der Waals surface area contributed by atoms with Crippen molar-refractivity contribution in [3.63, 3.8) is 0 Å². The van der Waals surface area contributed by atoms with E-state index in [1.54, 1.807) is 6.92 Å². The molecule has 388 valence electrons. The topological polar surface area (TPSA) is 272 Å². The third-order valence-electron chi connectivity index (χ3n) is 10.2. The number of aromatic hydroxyl groups is 1. The predicted molar refractivity (Wildman–Crippen MR) is 265 cm³/mol. The average molecular weight is 1030 g/mol. The van der Waals surface area contributed by atoms with Gasteiger partial charge in [-0.2, -0.15) is 0 Å². The number of amides is 2. The first-order valence-electron chi connectivity index (χ1n) is 21.7. The van der Waals surface area contributed by atoms with E-state index < -0.39 is 116 Å². The van der Waals surface area contributed by atoms with Crippen LogP contribution >= 0.6 is 0 Å². The number of hydrogen-bond donors (Lipinski definition) is 3. The van der Waals surface area contributed by atoms with Gasteiger partial charge >= 0.3 is 42.0 Å². The molecule has 0 aliphatic heterocycles. The quantitative estimate of drug-likeness (QED) is 0.0268. The molecule has 0 saturated heterocycles. The number of phenolic OH excluding ortho intramolecular Hbond substituents is 1. The molecule has 0 atom stereocenters. The molecule has 0 heterocycles. The maximum atomic E-state index is 13.6. The van der Waals surface area contributed by atoms with Crippen molar-refractivity contribution >= 4 is 63.2 Å². The summed E-state index contributed by atoms with van der Waals surface area (Å²) in [4.78, 5) is 87.8. The van der Waals surface area contributed by atoms with Gasteiger partial charge in [-0.3, -0.25) is 10.6 Å². The van der Waals surface area contributed by atoms with Crippen LogP contribution in [0.5, 0.6) is 11.5 Å². The van der Waals surface area contributed by atoms with Gasteiger partial charge in [0.25, 0.3) is 0 Å². The lowest BCUT2D eigenvalue weighted by atomic mass is 9.90. The molecule has 0 spiro atoms. The van der Waals surface area contributed by atoms with Gasteiger partial charge in [-0.05, 0) is 79.4 Å². The summed E-state index contributed by atoms with van der Waals surface area (Å²) in [5, 5.41) is 15.3. The Balaban J connectivity index is 1.88. The molecule has 0 bridgehead atoms. The van der Waals surface area contributed by atoms with Gasteiger partial charge < -0.3 is 43.0 Å². The summed E-state index contributed by atoms with van der Waals surface area (Å²) in [6.07, 6.45) is 5.55. The number of allylic oxidation sites excluding steroid dienone is 2. The Hall–Kier alpha value is -8.56. The van der Waals surface area contributed by atoms with Gasteiger partial charge in [-0.25, -0.2) is 42.0 Å². The SMILES string of the molecule is C=CCc1cc(S(=O)(=O)c2ccc(OC(=O)Nc3cccc(NC(=O)OCC(COCC(COC(=O)C=C)(COC(=O)C=C)COC(=O)C=C)(COC(=O)C=C)COC(=O)C=C)c3C)c(CC=C)c2)ccc1O. The lowest BCUT2D eigenvalue weighted by molar-refractivity contribution is -0.166. The first kappa shape index (κ1) is 58.8. The Morgan fingerprint density at radius 2 is 0.918 bits per heavy atom. The minimum absolute atomic E-state index is 0.0176. The van der Waals surface area contributed by atoms with E-state index in [-0.39, 0.29) is 45.5 Å². The third kappa shape index (κ3) is 18.0. The molecule has 0 unspecified atom stereocenters. The van der Waals surface area contributed by atoms with Crippen molar-refractivity contribution in [2.75, 3.05) is 63.5 Å². The number of benzene rings is 3. The van der Waals surface area contributed by atoms with Crippen molar-refractivity contribution in [1.29, 1.82) is 0 Å². The van der Waals surface area contributed by atoms with Crippen molar-refractivity contribution in [3.8, 4) is 11.5 Å². The molecule has 0 fully saturated rings. The van der Waals surface area contributed by atoms with E-state index >= 15 is 0 Å². The molecule has 3 aromatic rings. The summed E-state index contributed by atoms with van der Waals surface area (Å²) in [6.45, 7) is 20.9. The molecule has 0 aliphatic carbocycles. The number of nitrogens with one attached hydrogen (secondary N) is 2. The molecule has 3 N–H and O–H groups in total. The Kier molecular flexibility index (Phi) is 22.8. The van der Waals surface area contributed by atoms with Crippen LogP contribution in [0.1, 0.15) is 16.7 Å². The Morgan fingerprint density at radius 1 is 0.534 bits per heavy atom. The van der Waals surface area contributed by atoms with Gasteiger partial charge in [0, 0.05) is 47.3 Å². The van der Waals surface area contributed by atoms with Crippen LogP contribution in [0.25, 0.3) is 0 Å². The lowest BCUT2D eigenvalue weighted by Crippen LogP contribution is -2.47. The van der Waals surface area contributed by atoms with Crippen LogP contribution in [0.3, 0.4) is 0 Å². The second kappa shape index (κ2) is 28.3. The van der Waals surface area contributed by atoms with Gasteiger partial charge in [0.15, 0.2) is 0 Å². The molecule has 20 nitrogen and oxygen atoms in total. The molecule has 21 heteroatoms. The maximum absolute atomic E-state index is 13.6. The van der Waals surface area contributed by atoms with Gasteiger partial charge in [0.2, 0.25) is 9.84 Å². The summed E-state index contributed by atoms with van der Waals surface area (Å²) < 4.78 is 70.9. The Labute approximate surface area is 422 Å². The van der Waals surface area contributed by atoms with Crippen LogP contribution in [0, 0.1) is 17.8 Å². The molecular weight excluding hydrogens is 973 g/mol. The number of carbonyl (C=O) groups is 7. The van der Waals surface area contributed by atoms with E-state index in [1.165, 1.54) is 66.7 Å². The van der Waals surface area contributed by atoms with Gasteiger partial charge in [-0.1, -0.05) is 51.1 Å². The van der Waals surface area contributed by atoms with Crippen molar-refractivity contribution in [1.82, 2.24) is 0 Å². The van der Waals surface area contributed by atoms with Crippen molar-refractivity contribution in [2.24, 2.45) is 10.8 Å². The molecule has 3 rings (SSSR count). The lowest BCUT2D eigenvalue weighted by Gasteiger charge is -2.35. The number of sulfone groups is 1. The number of esters is 5. The fraction of sp³-hybridized carbons (Fsp3) is 0.250. The van der Waals surface area contributed by atoms with Crippen LogP contribution in [0.2, 0.25) is 0 Å².